The van der Waals surface area contributed by atoms with Crippen molar-refractivity contribution in [1.29, 1.82) is 0 Å². The number of aryl methyl sites for hydroxylation is 1. The van der Waals surface area contributed by atoms with E-state index in [1.54, 1.807) is 11.3 Å². The van der Waals surface area contributed by atoms with Crippen molar-refractivity contribution in [2.75, 3.05) is 13.6 Å². The Balaban J connectivity index is 2.40. The number of Topliss-reactive ketones (excluding diaryl/α,β-unsaturated/α-hetero) is 1. The van der Waals surface area contributed by atoms with Crippen molar-refractivity contribution >= 4 is 17.1 Å². The third-order valence-corrected chi connectivity index (χ3v) is 2.74. The summed E-state index contributed by atoms with van der Waals surface area (Å²) in [5.74, 6) is 0.264. The Morgan fingerprint density at radius 1 is 1.62 bits per heavy atom. The lowest BCUT2D eigenvalue weighted by molar-refractivity contribution is 0.0980. The summed E-state index contributed by atoms with van der Waals surface area (Å²) in [6.45, 7) is 2.93. The zero-order chi connectivity index (χ0) is 9.68. The lowest BCUT2D eigenvalue weighted by Crippen LogP contribution is -2.09. The molecule has 0 saturated carbocycles. The number of thiophene rings is 1. The summed E-state index contributed by atoms with van der Waals surface area (Å²) in [6.07, 6.45) is 1.57. The monoisotopic (exact) mass is 197 g/mol. The molecule has 0 aliphatic carbocycles. The van der Waals surface area contributed by atoms with Gasteiger partial charge in [0.1, 0.15) is 0 Å². The van der Waals surface area contributed by atoms with Crippen LogP contribution in [0.5, 0.6) is 0 Å². The number of nitrogens with one attached hydrogen (secondary N) is 1. The molecule has 0 amide bonds. The third-order valence-electron chi connectivity index (χ3n) is 1.88. The quantitative estimate of drug-likeness (QED) is 0.579. The Kier molecular flexibility index (Phi) is 4.12. The van der Waals surface area contributed by atoms with E-state index in [0.29, 0.717) is 6.42 Å². The summed E-state index contributed by atoms with van der Waals surface area (Å²) < 4.78 is 0. The molecule has 0 bridgehead atoms. The molecule has 1 aromatic heterocycles. The smallest absolute Gasteiger partial charge is 0.163 e. The highest BCUT2D eigenvalue weighted by Crippen LogP contribution is 2.15. The molecular formula is C10H15NOS. The number of carbonyl (C=O) groups excluding carboxylic acids is 1. The first-order valence-corrected chi connectivity index (χ1v) is 5.35. The van der Waals surface area contributed by atoms with Crippen molar-refractivity contribution in [3.63, 3.8) is 0 Å². The normalized spacial score (nSPS) is 10.3. The van der Waals surface area contributed by atoms with Crippen molar-refractivity contribution in [3.05, 3.63) is 21.9 Å². The molecule has 0 aliphatic heterocycles. The number of hydrogen-bond acceptors (Lipinski definition) is 3. The van der Waals surface area contributed by atoms with Crippen molar-refractivity contribution in [1.82, 2.24) is 5.32 Å². The fraction of sp³-hybridized carbons (Fsp3) is 0.500. The summed E-state index contributed by atoms with van der Waals surface area (Å²) >= 11 is 1.64. The molecule has 0 unspecified atom stereocenters. The maximum Gasteiger partial charge on any atom is 0.163 e. The van der Waals surface area contributed by atoms with Gasteiger partial charge in [0.05, 0.1) is 0 Å². The van der Waals surface area contributed by atoms with Crippen molar-refractivity contribution in [2.24, 2.45) is 0 Å². The molecule has 0 fully saturated rings. The third kappa shape index (κ3) is 3.28. The van der Waals surface area contributed by atoms with Gasteiger partial charge in [0.25, 0.3) is 0 Å². The van der Waals surface area contributed by atoms with Crippen LogP contribution in [0.4, 0.5) is 0 Å². The van der Waals surface area contributed by atoms with Crippen molar-refractivity contribution in [2.45, 2.75) is 19.8 Å². The summed E-state index contributed by atoms with van der Waals surface area (Å²) in [5, 5.41) is 4.97. The minimum Gasteiger partial charge on any atom is -0.320 e. The zero-order valence-electron chi connectivity index (χ0n) is 8.09. The number of rotatable bonds is 5. The maximum absolute atomic E-state index is 11.5. The second-order valence-electron chi connectivity index (χ2n) is 3.08. The van der Waals surface area contributed by atoms with E-state index in [1.165, 1.54) is 4.88 Å². The van der Waals surface area contributed by atoms with E-state index in [9.17, 15) is 4.79 Å². The van der Waals surface area contributed by atoms with Crippen LogP contribution in [0.15, 0.2) is 11.4 Å². The molecule has 1 aromatic rings. The Morgan fingerprint density at radius 2 is 2.38 bits per heavy atom. The van der Waals surface area contributed by atoms with Gasteiger partial charge in [-0.3, -0.25) is 4.79 Å². The highest BCUT2D eigenvalue weighted by atomic mass is 32.1. The minimum absolute atomic E-state index is 0.264. The highest BCUT2D eigenvalue weighted by molar-refractivity contribution is 7.10. The van der Waals surface area contributed by atoms with Gasteiger partial charge in [-0.15, -0.1) is 11.3 Å². The van der Waals surface area contributed by atoms with E-state index in [4.69, 9.17) is 0 Å². The van der Waals surface area contributed by atoms with Gasteiger partial charge in [0.2, 0.25) is 0 Å². The molecule has 1 heterocycles. The lowest BCUT2D eigenvalue weighted by Gasteiger charge is -1.97. The van der Waals surface area contributed by atoms with Crippen LogP contribution in [0.1, 0.15) is 28.1 Å². The Morgan fingerprint density at radius 3 is 2.92 bits per heavy atom. The van der Waals surface area contributed by atoms with E-state index < -0.39 is 0 Å². The molecule has 1 N–H and O–H groups in total. The van der Waals surface area contributed by atoms with E-state index in [1.807, 2.05) is 25.4 Å². The first kappa shape index (κ1) is 10.4. The summed E-state index contributed by atoms with van der Waals surface area (Å²) in [7, 11) is 1.90. The van der Waals surface area contributed by atoms with E-state index in [2.05, 4.69) is 5.32 Å². The lowest BCUT2D eigenvalue weighted by atomic mass is 10.1. The second-order valence-corrected chi connectivity index (χ2v) is 4.19. The first-order chi connectivity index (χ1) is 6.24. The van der Waals surface area contributed by atoms with Gasteiger partial charge in [-0.05, 0) is 33.0 Å². The van der Waals surface area contributed by atoms with Crippen LogP contribution >= 0.6 is 11.3 Å². The van der Waals surface area contributed by atoms with Gasteiger partial charge in [0.15, 0.2) is 5.78 Å². The highest BCUT2D eigenvalue weighted by Gasteiger charge is 2.06. The number of ketones is 1. The first-order valence-electron chi connectivity index (χ1n) is 4.47. The SMILES string of the molecule is CNCCCC(=O)c1csc(C)c1. The maximum atomic E-state index is 11.5. The number of carbonyl (C=O) groups is 1. The Labute approximate surface area is 83.0 Å². The van der Waals surface area contributed by atoms with Crippen LogP contribution in [0.25, 0.3) is 0 Å². The fourth-order valence-electron chi connectivity index (χ4n) is 1.16. The van der Waals surface area contributed by atoms with Gasteiger partial charge < -0.3 is 5.32 Å². The summed E-state index contributed by atoms with van der Waals surface area (Å²) in [6, 6.07) is 1.96. The topological polar surface area (TPSA) is 29.1 Å². The molecule has 0 saturated heterocycles. The molecule has 3 heteroatoms. The number of hydrogen-bond donors (Lipinski definition) is 1. The average Bonchev–Trinajstić information content (AvgIpc) is 2.52. The van der Waals surface area contributed by atoms with E-state index in [0.717, 1.165) is 18.5 Å². The van der Waals surface area contributed by atoms with Gasteiger partial charge >= 0.3 is 0 Å². The average molecular weight is 197 g/mol. The van der Waals surface area contributed by atoms with E-state index in [-0.39, 0.29) is 5.78 Å². The molecule has 0 aromatic carbocycles. The van der Waals surface area contributed by atoms with Gasteiger partial charge in [0, 0.05) is 22.2 Å². The molecule has 72 valence electrons. The van der Waals surface area contributed by atoms with Crippen molar-refractivity contribution < 1.29 is 4.79 Å². The predicted octanol–water partition coefficient (Wildman–Crippen LogP) is 2.24. The largest absolute Gasteiger partial charge is 0.320 e. The molecule has 2 nitrogen and oxygen atoms in total. The van der Waals surface area contributed by atoms with E-state index >= 15 is 0 Å². The molecular weight excluding hydrogens is 182 g/mol. The van der Waals surface area contributed by atoms with Crippen LogP contribution in [-0.2, 0) is 0 Å². The molecule has 1 rings (SSSR count). The molecule has 0 radical (unpaired) electrons. The summed E-state index contributed by atoms with van der Waals surface area (Å²) in [4.78, 5) is 12.7. The van der Waals surface area contributed by atoms with Crippen LogP contribution < -0.4 is 5.32 Å². The van der Waals surface area contributed by atoms with Crippen LogP contribution in [0.2, 0.25) is 0 Å². The van der Waals surface area contributed by atoms with Crippen molar-refractivity contribution in [3.8, 4) is 0 Å². The molecule has 0 atom stereocenters. The van der Waals surface area contributed by atoms with Gasteiger partial charge in [-0.1, -0.05) is 0 Å². The zero-order valence-corrected chi connectivity index (χ0v) is 8.91. The second kappa shape index (κ2) is 5.14. The van der Waals surface area contributed by atoms with Gasteiger partial charge in [-0.2, -0.15) is 0 Å². The molecule has 0 aliphatic rings. The minimum atomic E-state index is 0.264. The standard InChI is InChI=1S/C10H15NOS/c1-8-6-9(7-13-8)10(12)4-3-5-11-2/h6-7,11H,3-5H2,1-2H3. The Hall–Kier alpha value is -0.670. The molecule has 0 spiro atoms. The molecule has 13 heavy (non-hydrogen) atoms. The van der Waals surface area contributed by atoms with Crippen LogP contribution in [0.3, 0.4) is 0 Å². The summed E-state index contributed by atoms with van der Waals surface area (Å²) in [5.41, 5.74) is 0.874. The van der Waals surface area contributed by atoms with Crippen LogP contribution in [-0.4, -0.2) is 19.4 Å². The predicted molar refractivity (Wildman–Crippen MR) is 56.5 cm³/mol. The Bertz CT molecular complexity index is 280. The van der Waals surface area contributed by atoms with Gasteiger partial charge in [-0.25, -0.2) is 0 Å². The fourth-order valence-corrected chi connectivity index (χ4v) is 1.87. The van der Waals surface area contributed by atoms with Crippen LogP contribution in [0, 0.1) is 6.92 Å².